The molecule has 0 aromatic carbocycles. The molecule has 7 nitrogen and oxygen atoms in total. The summed E-state index contributed by atoms with van der Waals surface area (Å²) in [5.41, 5.74) is 3.13. The van der Waals surface area contributed by atoms with Crippen LogP contribution in [0.3, 0.4) is 0 Å². The molecule has 0 aliphatic heterocycles. The van der Waals surface area contributed by atoms with E-state index < -0.39 is 6.29 Å². The van der Waals surface area contributed by atoms with Gasteiger partial charge >= 0.3 is 0 Å². The second-order valence-electron chi connectivity index (χ2n) is 6.51. The molecule has 9 heteroatoms. The predicted octanol–water partition coefficient (Wildman–Crippen LogP) is 4.73. The molecule has 0 radical (unpaired) electrons. The molecule has 2 aromatic rings. The Kier molecular flexibility index (Phi) is 14.2. The number of methoxy groups -OCH3 is 4. The van der Waals surface area contributed by atoms with Crippen LogP contribution in [0.4, 0.5) is 0 Å². The first kappa shape index (κ1) is 27.4. The SMILES string of the molecule is COCCCc1cc(C(OC)OC)c(Cl)cn1.COCCCc1cc(C=O)c(Cl)cn1. The van der Waals surface area contributed by atoms with Crippen LogP contribution in [0.2, 0.25) is 10.0 Å². The minimum Gasteiger partial charge on any atom is -0.385 e. The molecular formula is C22H30Cl2N2O5. The van der Waals surface area contributed by atoms with Crippen molar-refractivity contribution in [2.45, 2.75) is 32.0 Å². The minimum absolute atomic E-state index is 0.399. The number of hydrogen-bond donors (Lipinski definition) is 0. The highest BCUT2D eigenvalue weighted by Crippen LogP contribution is 2.26. The average molecular weight is 473 g/mol. The molecule has 0 spiro atoms. The largest absolute Gasteiger partial charge is 0.385 e. The summed E-state index contributed by atoms with van der Waals surface area (Å²) in [4.78, 5) is 18.9. The quantitative estimate of drug-likeness (QED) is 0.250. The highest BCUT2D eigenvalue weighted by atomic mass is 35.5. The number of ether oxygens (including phenoxy) is 4. The third kappa shape index (κ3) is 10.0. The molecular weight excluding hydrogens is 443 g/mol. The van der Waals surface area contributed by atoms with Crippen LogP contribution in [0.5, 0.6) is 0 Å². The van der Waals surface area contributed by atoms with Gasteiger partial charge in [0, 0.05) is 76.6 Å². The van der Waals surface area contributed by atoms with E-state index in [1.165, 1.54) is 6.20 Å². The number of aryl methyl sites for hydroxylation is 2. The Balaban J connectivity index is 0.000000316. The van der Waals surface area contributed by atoms with Crippen molar-refractivity contribution in [2.75, 3.05) is 41.7 Å². The molecule has 0 N–H and O–H groups in total. The highest BCUT2D eigenvalue weighted by Gasteiger charge is 2.14. The number of pyridine rings is 2. The van der Waals surface area contributed by atoms with Gasteiger partial charge in [0.15, 0.2) is 12.6 Å². The Hall–Kier alpha value is -1.61. The van der Waals surface area contributed by atoms with E-state index in [2.05, 4.69) is 9.97 Å². The van der Waals surface area contributed by atoms with E-state index in [4.69, 9.17) is 42.1 Å². The summed E-state index contributed by atoms with van der Waals surface area (Å²) >= 11 is 11.8. The molecule has 0 bridgehead atoms. The van der Waals surface area contributed by atoms with Gasteiger partial charge in [0.2, 0.25) is 0 Å². The Morgan fingerprint density at radius 1 is 0.871 bits per heavy atom. The molecule has 0 fully saturated rings. The number of hydrogen-bond acceptors (Lipinski definition) is 7. The minimum atomic E-state index is -0.452. The molecule has 0 aliphatic rings. The summed E-state index contributed by atoms with van der Waals surface area (Å²) in [6.07, 6.45) is 6.89. The van der Waals surface area contributed by atoms with Crippen molar-refractivity contribution < 1.29 is 23.7 Å². The molecule has 2 aromatic heterocycles. The lowest BCUT2D eigenvalue weighted by Crippen LogP contribution is -2.06. The van der Waals surface area contributed by atoms with E-state index in [0.717, 1.165) is 55.5 Å². The van der Waals surface area contributed by atoms with Crippen molar-refractivity contribution in [2.24, 2.45) is 0 Å². The third-order valence-electron chi connectivity index (χ3n) is 4.26. The van der Waals surface area contributed by atoms with Crippen LogP contribution in [-0.4, -0.2) is 57.9 Å². The van der Waals surface area contributed by atoms with Crippen molar-refractivity contribution in [3.63, 3.8) is 0 Å². The van der Waals surface area contributed by atoms with Crippen molar-refractivity contribution >= 4 is 29.5 Å². The van der Waals surface area contributed by atoms with Gasteiger partial charge in [-0.3, -0.25) is 14.8 Å². The summed E-state index contributed by atoms with van der Waals surface area (Å²) < 4.78 is 20.3. The number of nitrogens with zero attached hydrogens (tertiary/aromatic N) is 2. The predicted molar refractivity (Wildman–Crippen MR) is 121 cm³/mol. The zero-order valence-electron chi connectivity index (χ0n) is 18.4. The Morgan fingerprint density at radius 3 is 1.87 bits per heavy atom. The average Bonchev–Trinajstić information content (AvgIpc) is 2.78. The van der Waals surface area contributed by atoms with Crippen LogP contribution >= 0.6 is 23.2 Å². The molecule has 2 heterocycles. The lowest BCUT2D eigenvalue weighted by Gasteiger charge is -2.15. The number of carbonyl (C=O) groups is 1. The molecule has 0 saturated heterocycles. The van der Waals surface area contributed by atoms with E-state index >= 15 is 0 Å². The van der Waals surface area contributed by atoms with Gasteiger partial charge in [-0.25, -0.2) is 0 Å². The summed E-state index contributed by atoms with van der Waals surface area (Å²) in [6, 6.07) is 3.63. The number of halogens is 2. The van der Waals surface area contributed by atoms with Gasteiger partial charge in [-0.05, 0) is 37.8 Å². The summed E-state index contributed by atoms with van der Waals surface area (Å²) in [7, 11) is 6.50. The monoisotopic (exact) mass is 472 g/mol. The van der Waals surface area contributed by atoms with Gasteiger partial charge < -0.3 is 18.9 Å². The van der Waals surface area contributed by atoms with Crippen LogP contribution in [0.25, 0.3) is 0 Å². The van der Waals surface area contributed by atoms with E-state index in [0.29, 0.717) is 22.2 Å². The number of aldehydes is 1. The van der Waals surface area contributed by atoms with Crippen LogP contribution in [0.15, 0.2) is 24.5 Å². The number of rotatable bonds is 12. The molecule has 0 saturated carbocycles. The molecule has 0 amide bonds. The van der Waals surface area contributed by atoms with E-state index in [9.17, 15) is 4.79 Å². The van der Waals surface area contributed by atoms with E-state index in [1.54, 1.807) is 40.7 Å². The van der Waals surface area contributed by atoms with Crippen LogP contribution in [0.1, 0.15) is 46.4 Å². The maximum Gasteiger partial charge on any atom is 0.184 e. The molecule has 0 aliphatic carbocycles. The molecule has 2 rings (SSSR count). The van der Waals surface area contributed by atoms with Gasteiger partial charge in [0.25, 0.3) is 0 Å². The van der Waals surface area contributed by atoms with Crippen LogP contribution in [-0.2, 0) is 31.8 Å². The lowest BCUT2D eigenvalue weighted by molar-refractivity contribution is -0.106. The molecule has 0 atom stereocenters. The Bertz CT molecular complexity index is 788. The van der Waals surface area contributed by atoms with Gasteiger partial charge in [-0.1, -0.05) is 23.2 Å². The van der Waals surface area contributed by atoms with Gasteiger partial charge in [0.1, 0.15) is 0 Å². The van der Waals surface area contributed by atoms with Gasteiger partial charge in [-0.2, -0.15) is 0 Å². The lowest BCUT2D eigenvalue weighted by atomic mass is 10.1. The zero-order chi connectivity index (χ0) is 23.1. The number of carbonyl (C=O) groups excluding carboxylic acids is 1. The van der Waals surface area contributed by atoms with Crippen molar-refractivity contribution in [1.29, 1.82) is 0 Å². The smallest absolute Gasteiger partial charge is 0.184 e. The standard InChI is InChI=1S/C12H18ClNO3.C10H12ClNO2/c1-15-6-4-5-9-7-10(11(13)8-14-9)12(16-2)17-3;1-14-4-2-3-9-5-8(7-13)10(11)6-12-9/h7-8,12H,4-6H2,1-3H3;5-7H,2-4H2,1H3. The topological polar surface area (TPSA) is 79.8 Å². The second kappa shape index (κ2) is 16.1. The Labute approximate surface area is 194 Å². The molecule has 172 valence electrons. The summed E-state index contributed by atoms with van der Waals surface area (Å²) in [5.74, 6) is 0. The maximum atomic E-state index is 10.6. The third-order valence-corrected chi connectivity index (χ3v) is 4.89. The van der Waals surface area contributed by atoms with Crippen LogP contribution < -0.4 is 0 Å². The molecule has 31 heavy (non-hydrogen) atoms. The first-order chi connectivity index (χ1) is 15.0. The second-order valence-corrected chi connectivity index (χ2v) is 7.32. The number of aromatic nitrogens is 2. The van der Waals surface area contributed by atoms with Crippen molar-refractivity contribution in [3.05, 3.63) is 57.1 Å². The molecule has 0 unspecified atom stereocenters. The van der Waals surface area contributed by atoms with E-state index in [1.807, 2.05) is 6.07 Å². The Morgan fingerprint density at radius 2 is 1.39 bits per heavy atom. The maximum absolute atomic E-state index is 10.6. The summed E-state index contributed by atoms with van der Waals surface area (Å²) in [5, 5.41) is 0.949. The highest BCUT2D eigenvalue weighted by molar-refractivity contribution is 6.32. The fourth-order valence-electron chi connectivity index (χ4n) is 2.69. The van der Waals surface area contributed by atoms with Gasteiger partial charge in [0.05, 0.1) is 10.0 Å². The fraction of sp³-hybridized carbons (Fsp3) is 0.500. The zero-order valence-corrected chi connectivity index (χ0v) is 19.9. The van der Waals surface area contributed by atoms with Crippen LogP contribution in [0, 0.1) is 0 Å². The first-order valence-corrected chi connectivity index (χ1v) is 10.5. The normalized spacial score (nSPS) is 10.7. The van der Waals surface area contributed by atoms with Crippen molar-refractivity contribution in [3.8, 4) is 0 Å². The first-order valence-electron chi connectivity index (χ1n) is 9.78. The summed E-state index contributed by atoms with van der Waals surface area (Å²) in [6.45, 7) is 1.42. The van der Waals surface area contributed by atoms with Gasteiger partial charge in [-0.15, -0.1) is 0 Å². The van der Waals surface area contributed by atoms with Crippen molar-refractivity contribution in [1.82, 2.24) is 9.97 Å². The van der Waals surface area contributed by atoms with E-state index in [-0.39, 0.29) is 0 Å². The fourth-order valence-corrected chi connectivity index (χ4v) is 3.03.